The van der Waals surface area contributed by atoms with Crippen LogP contribution < -0.4 is 15.0 Å². The van der Waals surface area contributed by atoms with Gasteiger partial charge in [0.1, 0.15) is 18.4 Å². The highest BCUT2D eigenvalue weighted by Crippen LogP contribution is 2.16. The summed E-state index contributed by atoms with van der Waals surface area (Å²) in [5, 5.41) is 7.46. The molecule has 0 radical (unpaired) electrons. The van der Waals surface area contributed by atoms with Crippen molar-refractivity contribution in [1.82, 2.24) is 20.0 Å². The Morgan fingerprint density at radius 2 is 2.07 bits per heavy atom. The van der Waals surface area contributed by atoms with Crippen LogP contribution in [0.5, 0.6) is 5.75 Å². The standard InChI is InChI=1S/C20H28N6O2/c1-15-5-7-18(8-6-15)28-16(2)11-22-20(21-3)25-9-10-26(19(27)14-25)17-12-23-24(4)13-17/h5-8,12-13,16H,9-11,14H2,1-4H3,(H,21,22). The first-order chi connectivity index (χ1) is 13.5. The molecule has 8 heteroatoms. The highest BCUT2D eigenvalue weighted by atomic mass is 16.5. The summed E-state index contributed by atoms with van der Waals surface area (Å²) in [5.74, 6) is 1.58. The van der Waals surface area contributed by atoms with Gasteiger partial charge < -0.3 is 19.9 Å². The molecule has 2 heterocycles. The zero-order valence-corrected chi connectivity index (χ0v) is 16.9. The maximum atomic E-state index is 12.6. The van der Waals surface area contributed by atoms with E-state index in [9.17, 15) is 4.79 Å². The van der Waals surface area contributed by atoms with Crippen LogP contribution in [0, 0.1) is 6.92 Å². The van der Waals surface area contributed by atoms with Gasteiger partial charge in [-0.25, -0.2) is 0 Å². The summed E-state index contributed by atoms with van der Waals surface area (Å²) < 4.78 is 7.63. The SMILES string of the molecule is CN=C(NCC(C)Oc1ccc(C)cc1)N1CCN(c2cnn(C)c2)C(=O)C1. The summed E-state index contributed by atoms with van der Waals surface area (Å²) in [6.07, 6.45) is 3.53. The van der Waals surface area contributed by atoms with Crippen molar-refractivity contribution in [3.63, 3.8) is 0 Å². The molecule has 1 aliphatic rings. The number of hydrogen-bond acceptors (Lipinski definition) is 4. The van der Waals surface area contributed by atoms with Crippen molar-refractivity contribution < 1.29 is 9.53 Å². The third-order valence-corrected chi connectivity index (χ3v) is 4.64. The van der Waals surface area contributed by atoms with E-state index >= 15 is 0 Å². The fourth-order valence-electron chi connectivity index (χ4n) is 3.13. The van der Waals surface area contributed by atoms with Crippen molar-refractivity contribution in [2.75, 3.05) is 38.1 Å². The van der Waals surface area contributed by atoms with Gasteiger partial charge in [0.05, 0.1) is 18.4 Å². The number of anilines is 1. The molecule has 1 unspecified atom stereocenters. The van der Waals surface area contributed by atoms with Crippen LogP contribution in [-0.2, 0) is 11.8 Å². The number of hydrogen-bond donors (Lipinski definition) is 1. The van der Waals surface area contributed by atoms with E-state index in [0.29, 0.717) is 25.6 Å². The Kier molecular flexibility index (Phi) is 6.18. The number of benzene rings is 1. The lowest BCUT2D eigenvalue weighted by atomic mass is 10.2. The molecular formula is C20H28N6O2. The molecule has 1 atom stereocenters. The van der Waals surface area contributed by atoms with E-state index in [1.54, 1.807) is 22.8 Å². The maximum absolute atomic E-state index is 12.6. The minimum atomic E-state index is -0.0353. The van der Waals surface area contributed by atoms with Crippen molar-refractivity contribution in [3.8, 4) is 5.75 Å². The molecule has 28 heavy (non-hydrogen) atoms. The average Bonchev–Trinajstić information content (AvgIpc) is 3.10. The summed E-state index contributed by atoms with van der Waals surface area (Å²) in [5.41, 5.74) is 2.03. The van der Waals surface area contributed by atoms with Crippen LogP contribution in [0.15, 0.2) is 41.7 Å². The van der Waals surface area contributed by atoms with Crippen LogP contribution >= 0.6 is 0 Å². The summed E-state index contributed by atoms with van der Waals surface area (Å²) in [4.78, 5) is 20.6. The first-order valence-electron chi connectivity index (χ1n) is 9.44. The summed E-state index contributed by atoms with van der Waals surface area (Å²) in [6.45, 7) is 6.23. The van der Waals surface area contributed by atoms with Gasteiger partial charge in [-0.3, -0.25) is 14.5 Å². The number of amides is 1. The van der Waals surface area contributed by atoms with Crippen LogP contribution in [-0.4, -0.2) is 65.9 Å². The Morgan fingerprint density at radius 3 is 2.68 bits per heavy atom. The van der Waals surface area contributed by atoms with E-state index in [4.69, 9.17) is 4.74 Å². The second-order valence-corrected chi connectivity index (χ2v) is 7.01. The highest BCUT2D eigenvalue weighted by Gasteiger charge is 2.27. The molecule has 0 spiro atoms. The van der Waals surface area contributed by atoms with E-state index in [1.807, 2.05) is 56.3 Å². The van der Waals surface area contributed by atoms with Gasteiger partial charge in [0, 0.05) is 33.4 Å². The number of aryl methyl sites for hydroxylation is 2. The average molecular weight is 384 g/mol. The predicted octanol–water partition coefficient (Wildman–Crippen LogP) is 1.42. The van der Waals surface area contributed by atoms with Gasteiger partial charge in [-0.1, -0.05) is 17.7 Å². The molecular weight excluding hydrogens is 356 g/mol. The number of ether oxygens (including phenoxy) is 1. The van der Waals surface area contributed by atoms with Crippen molar-refractivity contribution in [1.29, 1.82) is 0 Å². The Labute approximate surface area is 165 Å². The van der Waals surface area contributed by atoms with Crippen molar-refractivity contribution in [2.45, 2.75) is 20.0 Å². The van der Waals surface area contributed by atoms with E-state index in [-0.39, 0.29) is 18.6 Å². The normalized spacial score (nSPS) is 16.3. The van der Waals surface area contributed by atoms with Crippen LogP contribution in [0.4, 0.5) is 5.69 Å². The van der Waals surface area contributed by atoms with Gasteiger partial charge in [0.2, 0.25) is 5.91 Å². The van der Waals surface area contributed by atoms with Gasteiger partial charge in [-0.05, 0) is 26.0 Å². The van der Waals surface area contributed by atoms with E-state index in [1.165, 1.54) is 5.56 Å². The lowest BCUT2D eigenvalue weighted by Gasteiger charge is -2.35. The number of carbonyl (C=O) groups is 1. The van der Waals surface area contributed by atoms with Gasteiger partial charge in [-0.2, -0.15) is 5.10 Å². The van der Waals surface area contributed by atoms with E-state index in [2.05, 4.69) is 15.4 Å². The molecule has 1 fully saturated rings. The summed E-state index contributed by atoms with van der Waals surface area (Å²) in [6, 6.07) is 8.00. The molecule has 1 N–H and O–H groups in total. The largest absolute Gasteiger partial charge is 0.489 e. The molecule has 1 saturated heterocycles. The third-order valence-electron chi connectivity index (χ3n) is 4.64. The molecule has 8 nitrogen and oxygen atoms in total. The third kappa shape index (κ3) is 4.82. The van der Waals surface area contributed by atoms with Crippen LogP contribution in [0.25, 0.3) is 0 Å². The van der Waals surface area contributed by atoms with Crippen molar-refractivity contribution in [2.24, 2.45) is 12.0 Å². The molecule has 0 saturated carbocycles. The minimum absolute atomic E-state index is 0.0335. The number of aliphatic imine (C=N–C) groups is 1. The molecule has 1 aliphatic heterocycles. The first kappa shape index (κ1) is 19.7. The highest BCUT2D eigenvalue weighted by molar-refractivity contribution is 5.98. The maximum Gasteiger partial charge on any atom is 0.246 e. The molecule has 1 amide bonds. The predicted molar refractivity (Wildman–Crippen MR) is 110 cm³/mol. The molecule has 0 bridgehead atoms. The van der Waals surface area contributed by atoms with E-state index < -0.39 is 0 Å². The molecule has 3 rings (SSSR count). The van der Waals surface area contributed by atoms with Crippen LogP contribution in [0.2, 0.25) is 0 Å². The first-order valence-corrected chi connectivity index (χ1v) is 9.44. The van der Waals surface area contributed by atoms with Crippen LogP contribution in [0.1, 0.15) is 12.5 Å². The van der Waals surface area contributed by atoms with Gasteiger partial charge in [0.25, 0.3) is 0 Å². The Morgan fingerprint density at radius 1 is 1.32 bits per heavy atom. The number of nitrogens with one attached hydrogen (secondary N) is 1. The minimum Gasteiger partial charge on any atom is -0.489 e. The lowest BCUT2D eigenvalue weighted by Crippen LogP contribution is -2.56. The zero-order chi connectivity index (χ0) is 20.1. The molecule has 2 aromatic rings. The summed E-state index contributed by atoms with van der Waals surface area (Å²) in [7, 11) is 3.57. The molecule has 150 valence electrons. The lowest BCUT2D eigenvalue weighted by molar-refractivity contribution is -0.120. The number of piperazine rings is 1. The molecule has 1 aromatic heterocycles. The quantitative estimate of drug-likeness (QED) is 0.623. The topological polar surface area (TPSA) is 75.0 Å². The number of guanidine groups is 1. The second kappa shape index (κ2) is 8.77. The van der Waals surface area contributed by atoms with Gasteiger partial charge >= 0.3 is 0 Å². The van der Waals surface area contributed by atoms with Crippen molar-refractivity contribution in [3.05, 3.63) is 42.2 Å². The fourth-order valence-corrected chi connectivity index (χ4v) is 3.13. The second-order valence-electron chi connectivity index (χ2n) is 7.01. The monoisotopic (exact) mass is 384 g/mol. The Bertz CT molecular complexity index is 829. The van der Waals surface area contributed by atoms with Crippen molar-refractivity contribution >= 4 is 17.6 Å². The number of nitrogens with zero attached hydrogens (tertiary/aromatic N) is 5. The number of aromatic nitrogens is 2. The van der Waals surface area contributed by atoms with Crippen LogP contribution in [0.3, 0.4) is 0 Å². The van der Waals surface area contributed by atoms with Gasteiger partial charge in [-0.15, -0.1) is 0 Å². The molecule has 0 aliphatic carbocycles. The molecule has 1 aromatic carbocycles. The number of carbonyl (C=O) groups excluding carboxylic acids is 1. The Hall–Kier alpha value is -3.03. The zero-order valence-electron chi connectivity index (χ0n) is 16.9. The fraction of sp³-hybridized carbons (Fsp3) is 0.450. The smallest absolute Gasteiger partial charge is 0.246 e. The van der Waals surface area contributed by atoms with E-state index in [0.717, 1.165) is 11.4 Å². The Balaban J connectivity index is 1.51. The summed E-state index contributed by atoms with van der Waals surface area (Å²) >= 11 is 0. The number of rotatable bonds is 5. The van der Waals surface area contributed by atoms with Gasteiger partial charge in [0.15, 0.2) is 5.96 Å².